The molecule has 1 aromatic heterocycles. The summed E-state index contributed by atoms with van der Waals surface area (Å²) in [6.45, 7) is 0. The van der Waals surface area contributed by atoms with Gasteiger partial charge < -0.3 is 9.52 Å². The lowest BCUT2D eigenvalue weighted by atomic mass is 9.89. The zero-order valence-electron chi connectivity index (χ0n) is 9.07. The standard InChI is InChI=1S/C13H11FO3/c14-9-1-2-10-8(3-6-17-10)12(9)13(4-5-13)7-11(15)16/h1-3,6H,4-5,7H2,(H,15,16). The maximum atomic E-state index is 13.9. The number of hydrogen-bond donors (Lipinski definition) is 1. The van der Waals surface area contributed by atoms with Crippen molar-refractivity contribution >= 4 is 16.9 Å². The molecule has 1 fully saturated rings. The monoisotopic (exact) mass is 234 g/mol. The predicted octanol–water partition coefficient (Wildman–Crippen LogP) is 3.08. The zero-order valence-corrected chi connectivity index (χ0v) is 9.07. The van der Waals surface area contributed by atoms with Crippen LogP contribution in [0.3, 0.4) is 0 Å². The highest BCUT2D eigenvalue weighted by Gasteiger charge is 2.48. The minimum absolute atomic E-state index is 0.0196. The van der Waals surface area contributed by atoms with Crippen LogP contribution in [0.1, 0.15) is 24.8 Å². The molecular formula is C13H11FO3. The summed E-state index contributed by atoms with van der Waals surface area (Å²) in [5, 5.41) is 9.62. The Kier molecular flexibility index (Phi) is 2.02. The number of fused-ring (bicyclic) bond motifs is 1. The van der Waals surface area contributed by atoms with Crippen LogP contribution in [0.4, 0.5) is 4.39 Å². The van der Waals surface area contributed by atoms with Gasteiger partial charge in [-0.05, 0) is 31.0 Å². The average Bonchev–Trinajstić information content (AvgIpc) is 2.87. The van der Waals surface area contributed by atoms with E-state index >= 15 is 0 Å². The van der Waals surface area contributed by atoms with E-state index in [2.05, 4.69) is 0 Å². The number of furan rings is 1. The van der Waals surface area contributed by atoms with Crippen molar-refractivity contribution in [3.63, 3.8) is 0 Å². The van der Waals surface area contributed by atoms with Gasteiger partial charge in [0, 0.05) is 16.4 Å². The van der Waals surface area contributed by atoms with Gasteiger partial charge >= 0.3 is 5.97 Å². The normalized spacial score (nSPS) is 17.2. The van der Waals surface area contributed by atoms with Crippen LogP contribution < -0.4 is 0 Å². The van der Waals surface area contributed by atoms with Crippen molar-refractivity contribution in [2.24, 2.45) is 0 Å². The number of aliphatic carboxylic acids is 1. The third-order valence-corrected chi connectivity index (χ3v) is 3.46. The van der Waals surface area contributed by atoms with Gasteiger partial charge in [-0.15, -0.1) is 0 Å². The fraction of sp³-hybridized carbons (Fsp3) is 0.308. The maximum absolute atomic E-state index is 13.9. The largest absolute Gasteiger partial charge is 0.481 e. The lowest BCUT2D eigenvalue weighted by Crippen LogP contribution is -2.15. The molecule has 3 nitrogen and oxygen atoms in total. The predicted molar refractivity (Wildman–Crippen MR) is 59.3 cm³/mol. The molecule has 1 N–H and O–H groups in total. The number of hydrogen-bond acceptors (Lipinski definition) is 2. The number of benzene rings is 1. The second-order valence-electron chi connectivity index (χ2n) is 4.61. The summed E-state index contributed by atoms with van der Waals surface area (Å²) in [6.07, 6.45) is 2.93. The summed E-state index contributed by atoms with van der Waals surface area (Å²) in [5.74, 6) is -1.22. The molecule has 0 aliphatic heterocycles. The first-order valence-electron chi connectivity index (χ1n) is 5.50. The first-order chi connectivity index (χ1) is 8.12. The zero-order chi connectivity index (χ0) is 12.0. The van der Waals surface area contributed by atoms with Crippen LogP contribution in [0.25, 0.3) is 11.0 Å². The second-order valence-corrected chi connectivity index (χ2v) is 4.61. The van der Waals surface area contributed by atoms with Gasteiger partial charge in [-0.2, -0.15) is 0 Å². The Morgan fingerprint density at radius 3 is 2.82 bits per heavy atom. The molecule has 0 bridgehead atoms. The van der Waals surface area contributed by atoms with Gasteiger partial charge in [0.15, 0.2) is 0 Å². The Hall–Kier alpha value is -1.84. The fourth-order valence-corrected chi connectivity index (χ4v) is 2.51. The lowest BCUT2D eigenvalue weighted by Gasteiger charge is -2.14. The molecule has 1 heterocycles. The van der Waals surface area contributed by atoms with Crippen LogP contribution >= 0.6 is 0 Å². The van der Waals surface area contributed by atoms with E-state index < -0.39 is 11.4 Å². The first-order valence-corrected chi connectivity index (χ1v) is 5.50. The highest BCUT2D eigenvalue weighted by molar-refractivity contribution is 5.84. The van der Waals surface area contributed by atoms with Gasteiger partial charge in [-0.3, -0.25) is 4.79 Å². The summed E-state index contributed by atoms with van der Waals surface area (Å²) in [5.41, 5.74) is 0.587. The maximum Gasteiger partial charge on any atom is 0.304 e. The summed E-state index contributed by atoms with van der Waals surface area (Å²) < 4.78 is 19.2. The van der Waals surface area contributed by atoms with Crippen molar-refractivity contribution < 1.29 is 18.7 Å². The van der Waals surface area contributed by atoms with Crippen molar-refractivity contribution in [3.8, 4) is 0 Å². The van der Waals surface area contributed by atoms with E-state index in [9.17, 15) is 9.18 Å². The smallest absolute Gasteiger partial charge is 0.304 e. The molecule has 1 aliphatic rings. The number of halogens is 1. The van der Waals surface area contributed by atoms with Crippen molar-refractivity contribution in [3.05, 3.63) is 35.8 Å². The van der Waals surface area contributed by atoms with Crippen molar-refractivity contribution in [1.29, 1.82) is 0 Å². The Morgan fingerprint density at radius 1 is 1.41 bits per heavy atom. The molecule has 1 aliphatic carbocycles. The van der Waals surface area contributed by atoms with Gasteiger partial charge in [0.25, 0.3) is 0 Å². The molecule has 88 valence electrons. The number of carbonyl (C=O) groups is 1. The molecule has 1 aromatic carbocycles. The molecule has 0 spiro atoms. The Balaban J connectivity index is 2.19. The molecule has 2 aromatic rings. The van der Waals surface area contributed by atoms with Crippen molar-refractivity contribution in [1.82, 2.24) is 0 Å². The van der Waals surface area contributed by atoms with Crippen LogP contribution in [0.2, 0.25) is 0 Å². The van der Waals surface area contributed by atoms with Crippen LogP contribution in [0.15, 0.2) is 28.9 Å². The molecule has 1 saturated carbocycles. The van der Waals surface area contributed by atoms with E-state index in [1.54, 1.807) is 12.1 Å². The van der Waals surface area contributed by atoms with Crippen molar-refractivity contribution in [2.75, 3.05) is 0 Å². The van der Waals surface area contributed by atoms with E-state index in [4.69, 9.17) is 9.52 Å². The third kappa shape index (κ3) is 1.52. The van der Waals surface area contributed by atoms with E-state index in [-0.39, 0.29) is 12.2 Å². The molecule has 0 unspecified atom stereocenters. The molecule has 4 heteroatoms. The summed E-state index contributed by atoms with van der Waals surface area (Å²) in [6, 6.07) is 4.63. The van der Waals surface area contributed by atoms with Crippen LogP contribution in [-0.4, -0.2) is 11.1 Å². The second kappa shape index (κ2) is 3.32. The highest BCUT2D eigenvalue weighted by Crippen LogP contribution is 2.53. The summed E-state index contributed by atoms with van der Waals surface area (Å²) in [7, 11) is 0. The van der Waals surface area contributed by atoms with Crippen LogP contribution in [0.5, 0.6) is 0 Å². The lowest BCUT2D eigenvalue weighted by molar-refractivity contribution is -0.137. The van der Waals surface area contributed by atoms with E-state index in [1.165, 1.54) is 12.3 Å². The quantitative estimate of drug-likeness (QED) is 0.887. The van der Waals surface area contributed by atoms with E-state index in [0.29, 0.717) is 16.5 Å². The number of carboxylic acids is 1. The van der Waals surface area contributed by atoms with Crippen molar-refractivity contribution in [2.45, 2.75) is 24.7 Å². The molecule has 3 rings (SSSR count). The van der Waals surface area contributed by atoms with Gasteiger partial charge in [-0.1, -0.05) is 0 Å². The number of rotatable bonds is 3. The molecule has 17 heavy (non-hydrogen) atoms. The highest BCUT2D eigenvalue weighted by atomic mass is 19.1. The Morgan fingerprint density at radius 2 is 2.18 bits per heavy atom. The van der Waals surface area contributed by atoms with Gasteiger partial charge in [0.05, 0.1) is 12.7 Å². The summed E-state index contributed by atoms with van der Waals surface area (Å²) in [4.78, 5) is 10.9. The van der Waals surface area contributed by atoms with Gasteiger partial charge in [0.2, 0.25) is 0 Å². The average molecular weight is 234 g/mol. The summed E-state index contributed by atoms with van der Waals surface area (Å²) >= 11 is 0. The molecule has 0 amide bonds. The first kappa shape index (κ1) is 10.3. The molecule has 0 radical (unpaired) electrons. The molecule has 0 saturated heterocycles. The van der Waals surface area contributed by atoms with Gasteiger partial charge in [-0.25, -0.2) is 4.39 Å². The van der Waals surface area contributed by atoms with Crippen LogP contribution in [-0.2, 0) is 10.2 Å². The number of carboxylic acid groups (broad SMARTS) is 1. The molecule has 0 atom stereocenters. The SMILES string of the molecule is O=C(O)CC1(c2c(F)ccc3occc23)CC1. The Labute approximate surface area is 96.8 Å². The minimum Gasteiger partial charge on any atom is -0.481 e. The van der Waals surface area contributed by atoms with E-state index in [1.807, 2.05) is 0 Å². The van der Waals surface area contributed by atoms with E-state index in [0.717, 1.165) is 12.8 Å². The third-order valence-electron chi connectivity index (χ3n) is 3.46. The fourth-order valence-electron chi connectivity index (χ4n) is 2.51. The van der Waals surface area contributed by atoms with Gasteiger partial charge in [0.1, 0.15) is 11.4 Å². The topological polar surface area (TPSA) is 50.4 Å². The molecular weight excluding hydrogens is 223 g/mol. The van der Waals surface area contributed by atoms with Crippen LogP contribution in [0, 0.1) is 5.82 Å². The Bertz CT molecular complexity index is 596. The minimum atomic E-state index is -0.887.